The number of hydrogen-bond acceptors (Lipinski definition) is 2. The smallest absolute Gasteiger partial charge is 0.0617 e. The van der Waals surface area contributed by atoms with Crippen LogP contribution in [-0.4, -0.2) is 16.1 Å². The van der Waals surface area contributed by atoms with Crippen molar-refractivity contribution in [3.05, 3.63) is 24.8 Å². The van der Waals surface area contributed by atoms with Gasteiger partial charge in [0.05, 0.1) is 4.08 Å². The molecule has 2 heteroatoms. The number of allylic oxidation sites excluding steroid dienone is 2. The molecular weight excluding hydrogens is 184 g/mol. The zero-order chi connectivity index (χ0) is 9.45. The largest absolute Gasteiger partial charge is 0.148 e. The van der Waals surface area contributed by atoms with Gasteiger partial charge in [0, 0.05) is 5.75 Å². The summed E-state index contributed by atoms with van der Waals surface area (Å²) in [6.45, 7) is 8.08. The number of thioether (sulfide) groups is 2. The van der Waals surface area contributed by atoms with Crippen LogP contribution in [0.15, 0.2) is 24.8 Å². The van der Waals surface area contributed by atoms with Crippen LogP contribution in [0.5, 0.6) is 0 Å². The van der Waals surface area contributed by atoms with E-state index < -0.39 is 0 Å². The Hall–Kier alpha value is 0.180. The van der Waals surface area contributed by atoms with Gasteiger partial charge in [-0.15, -0.1) is 30.1 Å². The number of rotatable bonds is 6. The fourth-order valence-corrected chi connectivity index (χ4v) is 2.39. The van der Waals surface area contributed by atoms with Crippen molar-refractivity contribution in [1.82, 2.24) is 0 Å². The maximum atomic E-state index is 3.73. The topological polar surface area (TPSA) is 0 Å². The quantitative estimate of drug-likeness (QED) is 0.472. The first-order valence-corrected chi connectivity index (χ1v) is 6.30. The van der Waals surface area contributed by atoms with E-state index in [0.717, 1.165) is 12.2 Å². The molecule has 0 amide bonds. The highest BCUT2D eigenvalue weighted by Crippen LogP contribution is 2.38. The summed E-state index contributed by atoms with van der Waals surface area (Å²) < 4.78 is 0.320. The highest BCUT2D eigenvalue weighted by molar-refractivity contribution is 8.17. The number of hydrogen-bond donors (Lipinski definition) is 0. The zero-order valence-corrected chi connectivity index (χ0v) is 9.80. The zero-order valence-electron chi connectivity index (χ0n) is 8.17. The molecule has 0 nitrogen and oxygen atoms in total. The molecule has 0 aliphatic rings. The van der Waals surface area contributed by atoms with Crippen LogP contribution in [0.1, 0.15) is 20.3 Å². The summed E-state index contributed by atoms with van der Waals surface area (Å²) in [5.41, 5.74) is 0. The molecule has 0 bridgehead atoms. The Bertz CT molecular complexity index is 152. The van der Waals surface area contributed by atoms with Crippen molar-refractivity contribution in [2.45, 2.75) is 24.3 Å². The highest BCUT2D eigenvalue weighted by Gasteiger charge is 2.20. The lowest BCUT2D eigenvalue weighted by Crippen LogP contribution is -2.13. The molecule has 0 aliphatic carbocycles. The molecule has 0 aromatic rings. The van der Waals surface area contributed by atoms with Crippen LogP contribution in [0.3, 0.4) is 0 Å². The summed E-state index contributed by atoms with van der Waals surface area (Å²) in [4.78, 5) is 0. The van der Waals surface area contributed by atoms with Gasteiger partial charge >= 0.3 is 0 Å². The van der Waals surface area contributed by atoms with Crippen LogP contribution >= 0.6 is 23.5 Å². The van der Waals surface area contributed by atoms with Crippen LogP contribution < -0.4 is 0 Å². The van der Waals surface area contributed by atoms with Gasteiger partial charge in [0.1, 0.15) is 0 Å². The summed E-state index contributed by atoms with van der Waals surface area (Å²) in [5, 5.41) is 0. The Morgan fingerprint density at radius 2 is 2.17 bits per heavy atom. The Kier molecular flexibility index (Phi) is 6.77. The van der Waals surface area contributed by atoms with E-state index in [2.05, 4.69) is 38.8 Å². The molecule has 0 N–H and O–H groups in total. The summed E-state index contributed by atoms with van der Waals surface area (Å²) in [5.74, 6) is 1.04. The Morgan fingerprint density at radius 3 is 2.58 bits per heavy atom. The SMILES string of the molecule is C=CCSC(C)(C/C=C/C)SC. The van der Waals surface area contributed by atoms with Gasteiger partial charge in [0.25, 0.3) is 0 Å². The third kappa shape index (κ3) is 4.94. The monoisotopic (exact) mass is 202 g/mol. The molecule has 12 heavy (non-hydrogen) atoms. The van der Waals surface area contributed by atoms with E-state index in [4.69, 9.17) is 0 Å². The van der Waals surface area contributed by atoms with Crippen molar-refractivity contribution in [3.8, 4) is 0 Å². The van der Waals surface area contributed by atoms with E-state index in [0.29, 0.717) is 4.08 Å². The molecule has 0 aromatic heterocycles. The Labute approximate surface area is 84.9 Å². The minimum absolute atomic E-state index is 0.320. The molecule has 0 saturated heterocycles. The molecule has 0 heterocycles. The standard InChI is InChI=1S/C10H18S2/c1-5-7-8-10(3,11-4)12-9-6-2/h5-7H,2,8-9H2,1,3-4H3/b7-5+. The summed E-state index contributed by atoms with van der Waals surface area (Å²) in [7, 11) is 0. The van der Waals surface area contributed by atoms with Crippen LogP contribution in [0, 0.1) is 0 Å². The maximum absolute atomic E-state index is 3.73. The predicted molar refractivity (Wildman–Crippen MR) is 64.0 cm³/mol. The van der Waals surface area contributed by atoms with E-state index >= 15 is 0 Å². The minimum Gasteiger partial charge on any atom is -0.148 e. The third-order valence-electron chi connectivity index (χ3n) is 1.66. The average Bonchev–Trinajstić information content (AvgIpc) is 2.11. The molecule has 1 atom stereocenters. The van der Waals surface area contributed by atoms with Gasteiger partial charge < -0.3 is 0 Å². The summed E-state index contributed by atoms with van der Waals surface area (Å²) in [6.07, 6.45) is 9.60. The van der Waals surface area contributed by atoms with E-state index in [-0.39, 0.29) is 0 Å². The molecule has 1 unspecified atom stereocenters. The van der Waals surface area contributed by atoms with Gasteiger partial charge in [-0.25, -0.2) is 0 Å². The molecule has 0 radical (unpaired) electrons. The first kappa shape index (κ1) is 12.2. The molecule has 0 aromatic carbocycles. The van der Waals surface area contributed by atoms with Gasteiger partial charge in [0.15, 0.2) is 0 Å². The second-order valence-electron chi connectivity index (χ2n) is 2.71. The van der Waals surface area contributed by atoms with Gasteiger partial charge in [-0.2, -0.15) is 0 Å². The molecule has 0 fully saturated rings. The first-order chi connectivity index (χ1) is 5.68. The van der Waals surface area contributed by atoms with Crippen LogP contribution in [-0.2, 0) is 0 Å². The second-order valence-corrected chi connectivity index (χ2v) is 5.80. The fraction of sp³-hybridized carbons (Fsp3) is 0.600. The van der Waals surface area contributed by atoms with Crippen LogP contribution in [0.2, 0.25) is 0 Å². The Morgan fingerprint density at radius 1 is 1.50 bits per heavy atom. The maximum Gasteiger partial charge on any atom is 0.0617 e. The van der Waals surface area contributed by atoms with E-state index in [1.54, 1.807) is 0 Å². The van der Waals surface area contributed by atoms with Gasteiger partial charge in [0.2, 0.25) is 0 Å². The summed E-state index contributed by atoms with van der Waals surface area (Å²) >= 11 is 3.87. The van der Waals surface area contributed by atoms with Crippen molar-refractivity contribution in [3.63, 3.8) is 0 Å². The van der Waals surface area contributed by atoms with Crippen molar-refractivity contribution < 1.29 is 0 Å². The molecule has 0 spiro atoms. The fourth-order valence-electron chi connectivity index (χ4n) is 0.768. The normalized spacial score (nSPS) is 16.2. The van der Waals surface area contributed by atoms with E-state index in [9.17, 15) is 0 Å². The minimum atomic E-state index is 0.320. The molecule has 70 valence electrons. The van der Waals surface area contributed by atoms with Crippen LogP contribution in [0.25, 0.3) is 0 Å². The summed E-state index contributed by atoms with van der Waals surface area (Å²) in [6, 6.07) is 0. The van der Waals surface area contributed by atoms with Crippen LogP contribution in [0.4, 0.5) is 0 Å². The van der Waals surface area contributed by atoms with Crippen molar-refractivity contribution in [2.24, 2.45) is 0 Å². The Balaban J connectivity index is 3.94. The molecular formula is C10H18S2. The third-order valence-corrected chi connectivity index (χ3v) is 4.73. The highest BCUT2D eigenvalue weighted by atomic mass is 32.2. The van der Waals surface area contributed by atoms with E-state index in [1.165, 1.54) is 0 Å². The first-order valence-electron chi connectivity index (χ1n) is 4.09. The molecule has 0 saturated carbocycles. The molecule has 0 aliphatic heterocycles. The van der Waals surface area contributed by atoms with Crippen molar-refractivity contribution >= 4 is 23.5 Å². The molecule has 0 rings (SSSR count). The van der Waals surface area contributed by atoms with Gasteiger partial charge in [-0.1, -0.05) is 18.2 Å². The predicted octanol–water partition coefficient (Wildman–Crippen LogP) is 3.95. The average molecular weight is 202 g/mol. The van der Waals surface area contributed by atoms with Gasteiger partial charge in [-0.3, -0.25) is 0 Å². The second kappa shape index (κ2) is 6.67. The lowest BCUT2D eigenvalue weighted by molar-refractivity contribution is 0.914. The van der Waals surface area contributed by atoms with Crippen molar-refractivity contribution in [1.29, 1.82) is 0 Å². The lowest BCUT2D eigenvalue weighted by Gasteiger charge is -2.24. The van der Waals surface area contributed by atoms with Gasteiger partial charge in [-0.05, 0) is 26.5 Å². The van der Waals surface area contributed by atoms with Crippen molar-refractivity contribution in [2.75, 3.05) is 12.0 Å². The lowest BCUT2D eigenvalue weighted by atomic mass is 10.3. The van der Waals surface area contributed by atoms with E-state index in [1.807, 2.05) is 29.6 Å².